The minimum absolute atomic E-state index is 0.145. The van der Waals surface area contributed by atoms with E-state index in [1.54, 1.807) is 11.7 Å². The molecule has 212 valence electrons. The van der Waals surface area contributed by atoms with Crippen molar-refractivity contribution in [3.8, 4) is 17.0 Å². The van der Waals surface area contributed by atoms with Crippen LogP contribution in [-0.4, -0.2) is 47.2 Å². The standard InChI is InChI=1S/C33H34BrClN4O2/c1-23(19-24-7-4-3-5-8-24)21-38-17-15-28(16-18-38)36-32-33(40)39(22-25-11-13-29(41-2)14-12-25)30(31(35)37-32)26-9-6-10-27(34)20-26/h3-14,19-20,28H,15-18,21-22H2,1-2H3,(H,36,37). The Morgan fingerprint density at radius 2 is 1.80 bits per heavy atom. The molecule has 41 heavy (non-hydrogen) atoms. The molecule has 0 aliphatic carbocycles. The molecule has 0 saturated carbocycles. The highest BCUT2D eigenvalue weighted by Crippen LogP contribution is 2.29. The van der Waals surface area contributed by atoms with Gasteiger partial charge in [0.2, 0.25) is 0 Å². The summed E-state index contributed by atoms with van der Waals surface area (Å²) in [6.07, 6.45) is 4.08. The first kappa shape index (κ1) is 29.1. The van der Waals surface area contributed by atoms with E-state index in [4.69, 9.17) is 16.3 Å². The SMILES string of the molecule is COc1ccc(Cn2c(-c3cccc(Br)c3)c(Cl)nc(NC3CCN(CC(C)=Cc4ccccc4)CC3)c2=O)cc1. The van der Waals surface area contributed by atoms with Gasteiger partial charge in [-0.15, -0.1) is 0 Å². The molecule has 1 fully saturated rings. The van der Waals surface area contributed by atoms with Crippen LogP contribution in [0.3, 0.4) is 0 Å². The quantitative estimate of drug-likeness (QED) is 0.209. The lowest BCUT2D eigenvalue weighted by molar-refractivity contribution is 0.236. The highest BCUT2D eigenvalue weighted by molar-refractivity contribution is 9.10. The van der Waals surface area contributed by atoms with Crippen LogP contribution in [0.15, 0.2) is 93.7 Å². The second kappa shape index (κ2) is 13.5. The molecule has 0 atom stereocenters. The summed E-state index contributed by atoms with van der Waals surface area (Å²) in [6.45, 7) is 5.36. The number of halogens is 2. The van der Waals surface area contributed by atoms with Gasteiger partial charge in [-0.3, -0.25) is 14.3 Å². The van der Waals surface area contributed by atoms with Crippen molar-refractivity contribution in [2.24, 2.45) is 0 Å². The van der Waals surface area contributed by atoms with Gasteiger partial charge in [0.05, 0.1) is 19.3 Å². The van der Waals surface area contributed by atoms with E-state index in [2.05, 4.69) is 68.4 Å². The molecule has 1 aliphatic heterocycles. The van der Waals surface area contributed by atoms with E-state index in [0.717, 1.165) is 53.8 Å². The van der Waals surface area contributed by atoms with E-state index >= 15 is 0 Å². The van der Waals surface area contributed by atoms with E-state index in [1.165, 1.54) is 11.1 Å². The molecule has 1 N–H and O–H groups in total. The number of methoxy groups -OCH3 is 1. The molecular weight excluding hydrogens is 600 g/mol. The number of ether oxygens (including phenoxy) is 1. The Morgan fingerprint density at radius 1 is 1.07 bits per heavy atom. The van der Waals surface area contributed by atoms with Crippen molar-refractivity contribution in [1.82, 2.24) is 14.5 Å². The molecule has 0 unspecified atom stereocenters. The van der Waals surface area contributed by atoms with Crippen LogP contribution in [0.1, 0.15) is 30.9 Å². The Bertz CT molecular complexity index is 1560. The van der Waals surface area contributed by atoms with Crippen molar-refractivity contribution in [3.05, 3.63) is 116 Å². The monoisotopic (exact) mass is 632 g/mol. The van der Waals surface area contributed by atoms with Gasteiger partial charge >= 0.3 is 0 Å². The zero-order valence-corrected chi connectivity index (χ0v) is 25.7. The van der Waals surface area contributed by atoms with Crippen molar-refractivity contribution in [1.29, 1.82) is 0 Å². The van der Waals surface area contributed by atoms with Crippen LogP contribution in [0.5, 0.6) is 5.75 Å². The molecule has 8 heteroatoms. The highest BCUT2D eigenvalue weighted by Gasteiger charge is 2.23. The maximum atomic E-state index is 13.9. The Hall–Kier alpha value is -3.39. The molecule has 0 bridgehead atoms. The lowest BCUT2D eigenvalue weighted by atomic mass is 10.0. The third-order valence-corrected chi connectivity index (χ3v) is 8.09. The fraction of sp³-hybridized carbons (Fsp3) is 0.273. The number of rotatable bonds is 9. The molecule has 0 spiro atoms. The van der Waals surface area contributed by atoms with Gasteiger partial charge in [-0.25, -0.2) is 4.98 Å². The van der Waals surface area contributed by atoms with E-state index in [-0.39, 0.29) is 16.8 Å². The molecule has 0 radical (unpaired) electrons. The molecule has 4 aromatic rings. The van der Waals surface area contributed by atoms with Crippen molar-refractivity contribution in [2.45, 2.75) is 32.4 Å². The predicted molar refractivity (Wildman–Crippen MR) is 172 cm³/mol. The molecule has 1 aromatic heterocycles. The van der Waals surface area contributed by atoms with E-state index in [0.29, 0.717) is 18.1 Å². The maximum Gasteiger partial charge on any atom is 0.294 e. The second-order valence-corrected chi connectivity index (χ2v) is 11.7. The lowest BCUT2D eigenvalue weighted by Gasteiger charge is -2.32. The van der Waals surface area contributed by atoms with Crippen molar-refractivity contribution >= 4 is 39.4 Å². The Labute approximate surface area is 254 Å². The predicted octanol–water partition coefficient (Wildman–Crippen LogP) is 7.36. The van der Waals surface area contributed by atoms with Crippen LogP contribution in [0.25, 0.3) is 17.3 Å². The highest BCUT2D eigenvalue weighted by atomic mass is 79.9. The van der Waals surface area contributed by atoms with Crippen molar-refractivity contribution in [2.75, 3.05) is 32.1 Å². The topological polar surface area (TPSA) is 59.4 Å². The zero-order valence-electron chi connectivity index (χ0n) is 23.3. The van der Waals surface area contributed by atoms with Gasteiger partial charge in [-0.2, -0.15) is 0 Å². The Morgan fingerprint density at radius 3 is 2.49 bits per heavy atom. The number of likely N-dealkylation sites (tertiary alicyclic amines) is 1. The summed E-state index contributed by atoms with van der Waals surface area (Å²) in [5.41, 5.74) is 4.74. The number of nitrogens with one attached hydrogen (secondary N) is 1. The summed E-state index contributed by atoms with van der Waals surface area (Å²) in [7, 11) is 1.64. The smallest absolute Gasteiger partial charge is 0.294 e. The first-order chi connectivity index (χ1) is 19.9. The maximum absolute atomic E-state index is 13.9. The minimum Gasteiger partial charge on any atom is -0.497 e. The number of aromatic nitrogens is 2. The summed E-state index contributed by atoms with van der Waals surface area (Å²) in [5, 5.41) is 3.73. The summed E-state index contributed by atoms with van der Waals surface area (Å²) >= 11 is 10.4. The summed E-state index contributed by atoms with van der Waals surface area (Å²) in [5.74, 6) is 1.06. The summed E-state index contributed by atoms with van der Waals surface area (Å²) < 4.78 is 7.92. The molecule has 5 rings (SSSR count). The molecule has 3 aromatic carbocycles. The average molecular weight is 634 g/mol. The minimum atomic E-state index is -0.190. The molecule has 6 nitrogen and oxygen atoms in total. The third kappa shape index (κ3) is 7.47. The molecular formula is C33H34BrClN4O2. The number of hydrogen-bond donors (Lipinski definition) is 1. The number of anilines is 1. The fourth-order valence-electron chi connectivity index (χ4n) is 5.27. The largest absolute Gasteiger partial charge is 0.497 e. The lowest BCUT2D eigenvalue weighted by Crippen LogP contribution is -2.41. The summed E-state index contributed by atoms with van der Waals surface area (Å²) in [4.78, 5) is 21.0. The van der Waals surface area contributed by atoms with Gasteiger partial charge in [0.15, 0.2) is 11.0 Å². The van der Waals surface area contributed by atoms with Gasteiger partial charge in [0.25, 0.3) is 5.56 Å². The van der Waals surface area contributed by atoms with Gasteiger partial charge in [-0.1, -0.05) is 93.8 Å². The van der Waals surface area contributed by atoms with E-state index < -0.39 is 0 Å². The van der Waals surface area contributed by atoms with Crippen LogP contribution in [0.4, 0.5) is 5.82 Å². The van der Waals surface area contributed by atoms with Crippen LogP contribution in [0, 0.1) is 0 Å². The number of nitrogens with zero attached hydrogens (tertiary/aromatic N) is 3. The number of benzene rings is 3. The normalized spacial score (nSPS) is 14.7. The fourth-order valence-corrected chi connectivity index (χ4v) is 5.96. The van der Waals surface area contributed by atoms with E-state index in [1.807, 2.05) is 54.6 Å². The van der Waals surface area contributed by atoms with Crippen molar-refractivity contribution in [3.63, 3.8) is 0 Å². The summed E-state index contributed by atoms with van der Waals surface area (Å²) in [6, 6.07) is 26.0. The van der Waals surface area contributed by atoms with Crippen LogP contribution < -0.4 is 15.6 Å². The molecule has 0 amide bonds. The first-order valence-corrected chi connectivity index (χ1v) is 15.0. The third-order valence-electron chi connectivity index (χ3n) is 7.33. The average Bonchev–Trinajstić information content (AvgIpc) is 2.97. The second-order valence-electron chi connectivity index (χ2n) is 10.4. The van der Waals surface area contributed by atoms with Gasteiger partial charge in [0.1, 0.15) is 5.75 Å². The van der Waals surface area contributed by atoms with E-state index in [9.17, 15) is 4.79 Å². The molecule has 2 heterocycles. The van der Waals surface area contributed by atoms with Gasteiger partial charge in [0, 0.05) is 35.7 Å². The van der Waals surface area contributed by atoms with Crippen molar-refractivity contribution < 1.29 is 4.74 Å². The van der Waals surface area contributed by atoms with Crippen LogP contribution in [-0.2, 0) is 6.54 Å². The Balaban J connectivity index is 1.34. The first-order valence-electron chi connectivity index (χ1n) is 13.8. The van der Waals surface area contributed by atoms with Crippen LogP contribution in [0.2, 0.25) is 5.15 Å². The number of piperidine rings is 1. The molecule has 1 saturated heterocycles. The van der Waals surface area contributed by atoms with Gasteiger partial charge < -0.3 is 10.1 Å². The zero-order chi connectivity index (χ0) is 28.8. The van der Waals surface area contributed by atoms with Crippen LogP contribution >= 0.6 is 27.5 Å². The number of hydrogen-bond acceptors (Lipinski definition) is 5. The Kier molecular flexibility index (Phi) is 9.60. The van der Waals surface area contributed by atoms with Gasteiger partial charge in [-0.05, 0) is 55.2 Å². The molecule has 1 aliphatic rings.